The summed E-state index contributed by atoms with van der Waals surface area (Å²) in [6.45, 7) is 5.80. The molecule has 1 saturated heterocycles. The Labute approximate surface area is 127 Å². The summed E-state index contributed by atoms with van der Waals surface area (Å²) in [5, 5.41) is 0. The van der Waals surface area contributed by atoms with E-state index >= 15 is 0 Å². The van der Waals surface area contributed by atoms with Crippen LogP contribution in [-0.4, -0.2) is 42.6 Å². The molecule has 1 heterocycles. The molecule has 1 aliphatic rings. The molecule has 1 aliphatic heterocycles. The van der Waals surface area contributed by atoms with Crippen molar-refractivity contribution < 1.29 is 9.53 Å². The van der Waals surface area contributed by atoms with Gasteiger partial charge in [-0.3, -0.25) is 4.79 Å². The van der Waals surface area contributed by atoms with Crippen LogP contribution >= 0.6 is 0 Å². The van der Waals surface area contributed by atoms with Crippen LogP contribution < -0.4 is 5.73 Å². The van der Waals surface area contributed by atoms with E-state index in [1.165, 1.54) is 0 Å². The van der Waals surface area contributed by atoms with E-state index in [1.54, 1.807) is 0 Å². The zero-order chi connectivity index (χ0) is 15.2. The van der Waals surface area contributed by atoms with Crippen molar-refractivity contribution in [3.05, 3.63) is 35.9 Å². The molecule has 1 fully saturated rings. The fourth-order valence-electron chi connectivity index (χ4n) is 2.86. The maximum Gasteiger partial charge on any atom is 0.227 e. The smallest absolute Gasteiger partial charge is 0.227 e. The summed E-state index contributed by atoms with van der Waals surface area (Å²) in [7, 11) is 0. The molecule has 2 rings (SSSR count). The first-order valence-electron chi connectivity index (χ1n) is 7.81. The SMILES string of the molecule is CCC1COC(C)CN1C(=O)C(CN)Cc1ccccc1. The number of hydrogen-bond donors (Lipinski definition) is 1. The van der Waals surface area contributed by atoms with Crippen LogP contribution in [0.2, 0.25) is 0 Å². The number of nitrogens with two attached hydrogens (primary N) is 1. The molecule has 1 aromatic carbocycles. The van der Waals surface area contributed by atoms with Crippen LogP contribution in [-0.2, 0) is 16.0 Å². The highest BCUT2D eigenvalue weighted by molar-refractivity contribution is 5.80. The quantitative estimate of drug-likeness (QED) is 0.900. The number of rotatable bonds is 5. The van der Waals surface area contributed by atoms with Gasteiger partial charge < -0.3 is 15.4 Å². The minimum atomic E-state index is -0.147. The molecule has 3 atom stereocenters. The standard InChI is InChI=1S/C17H26N2O2/c1-3-16-12-21-13(2)11-19(16)17(20)15(10-18)9-14-7-5-4-6-8-14/h4-8,13,15-16H,3,9-12,18H2,1-2H3. The predicted octanol–water partition coefficient (Wildman–Crippen LogP) is 1.83. The third-order valence-corrected chi connectivity index (χ3v) is 4.18. The molecule has 2 N–H and O–H groups in total. The Kier molecular flexibility index (Phi) is 5.76. The zero-order valence-electron chi connectivity index (χ0n) is 13.0. The topological polar surface area (TPSA) is 55.6 Å². The van der Waals surface area contributed by atoms with E-state index < -0.39 is 0 Å². The summed E-state index contributed by atoms with van der Waals surface area (Å²) in [6, 6.07) is 10.3. The molecule has 1 amide bonds. The highest BCUT2D eigenvalue weighted by atomic mass is 16.5. The van der Waals surface area contributed by atoms with E-state index in [1.807, 2.05) is 30.0 Å². The molecule has 0 saturated carbocycles. The summed E-state index contributed by atoms with van der Waals surface area (Å²) in [5.74, 6) is 0.0232. The third-order valence-electron chi connectivity index (χ3n) is 4.18. The molecule has 0 spiro atoms. The fraction of sp³-hybridized carbons (Fsp3) is 0.588. The van der Waals surface area contributed by atoms with E-state index in [0.717, 1.165) is 12.0 Å². The van der Waals surface area contributed by atoms with Crippen LogP contribution in [0, 0.1) is 5.92 Å². The maximum absolute atomic E-state index is 12.8. The number of nitrogens with zero attached hydrogens (tertiary/aromatic N) is 1. The fourth-order valence-corrected chi connectivity index (χ4v) is 2.86. The molecule has 4 nitrogen and oxygen atoms in total. The number of morpholine rings is 1. The van der Waals surface area contributed by atoms with Gasteiger partial charge in [-0.15, -0.1) is 0 Å². The molecule has 116 valence electrons. The summed E-state index contributed by atoms with van der Waals surface area (Å²) < 4.78 is 5.67. The van der Waals surface area contributed by atoms with Crippen LogP contribution in [0.4, 0.5) is 0 Å². The van der Waals surface area contributed by atoms with Crippen molar-refractivity contribution in [1.29, 1.82) is 0 Å². The van der Waals surface area contributed by atoms with Gasteiger partial charge in [0.05, 0.1) is 24.7 Å². The Morgan fingerprint density at radius 1 is 1.43 bits per heavy atom. The zero-order valence-corrected chi connectivity index (χ0v) is 13.0. The summed E-state index contributed by atoms with van der Waals surface area (Å²) >= 11 is 0. The molecule has 21 heavy (non-hydrogen) atoms. The maximum atomic E-state index is 12.8. The van der Waals surface area contributed by atoms with Crippen molar-refractivity contribution in [2.75, 3.05) is 19.7 Å². The highest BCUT2D eigenvalue weighted by Gasteiger charge is 2.32. The number of hydrogen-bond acceptors (Lipinski definition) is 3. The van der Waals surface area contributed by atoms with E-state index in [0.29, 0.717) is 26.1 Å². The molecular weight excluding hydrogens is 264 g/mol. The van der Waals surface area contributed by atoms with E-state index in [9.17, 15) is 4.79 Å². The lowest BCUT2D eigenvalue weighted by atomic mass is 9.96. The van der Waals surface area contributed by atoms with Crippen molar-refractivity contribution in [1.82, 2.24) is 4.90 Å². The molecule has 4 heteroatoms. The van der Waals surface area contributed by atoms with Crippen molar-refractivity contribution in [2.24, 2.45) is 11.7 Å². The van der Waals surface area contributed by atoms with E-state index in [4.69, 9.17) is 10.5 Å². The van der Waals surface area contributed by atoms with Crippen LogP contribution in [0.1, 0.15) is 25.8 Å². The minimum Gasteiger partial charge on any atom is -0.375 e. The second-order valence-electron chi connectivity index (χ2n) is 5.82. The third kappa shape index (κ3) is 4.05. The molecular formula is C17H26N2O2. The molecule has 0 aliphatic carbocycles. The Morgan fingerprint density at radius 3 is 2.76 bits per heavy atom. The average Bonchev–Trinajstić information content (AvgIpc) is 2.53. The Hall–Kier alpha value is -1.39. The average molecular weight is 290 g/mol. The van der Waals surface area contributed by atoms with Crippen LogP contribution in [0.25, 0.3) is 0 Å². The number of carbonyl (C=O) groups excluding carboxylic acids is 1. The highest BCUT2D eigenvalue weighted by Crippen LogP contribution is 2.19. The number of ether oxygens (including phenoxy) is 1. The molecule has 0 bridgehead atoms. The van der Waals surface area contributed by atoms with Crippen molar-refractivity contribution >= 4 is 5.91 Å². The normalized spacial score (nSPS) is 23.9. The van der Waals surface area contributed by atoms with Gasteiger partial charge >= 0.3 is 0 Å². The van der Waals surface area contributed by atoms with Gasteiger partial charge in [0.15, 0.2) is 0 Å². The lowest BCUT2D eigenvalue weighted by Crippen LogP contribution is -2.54. The number of benzene rings is 1. The van der Waals surface area contributed by atoms with E-state index in [2.05, 4.69) is 19.1 Å². The van der Waals surface area contributed by atoms with Gasteiger partial charge in [-0.2, -0.15) is 0 Å². The Bertz CT molecular complexity index is 449. The number of carbonyl (C=O) groups is 1. The van der Waals surface area contributed by atoms with Crippen LogP contribution in [0.5, 0.6) is 0 Å². The monoisotopic (exact) mass is 290 g/mol. The molecule has 0 radical (unpaired) electrons. The number of amides is 1. The largest absolute Gasteiger partial charge is 0.375 e. The van der Waals surface area contributed by atoms with Gasteiger partial charge in [-0.05, 0) is 25.3 Å². The van der Waals surface area contributed by atoms with Crippen LogP contribution in [0.15, 0.2) is 30.3 Å². The van der Waals surface area contributed by atoms with Gasteiger partial charge in [0, 0.05) is 13.1 Å². The lowest BCUT2D eigenvalue weighted by Gasteiger charge is -2.40. The Balaban J connectivity index is 2.07. The lowest BCUT2D eigenvalue weighted by molar-refractivity contribution is -0.148. The first kappa shape index (κ1) is 16.0. The van der Waals surface area contributed by atoms with Crippen molar-refractivity contribution in [3.63, 3.8) is 0 Å². The first-order chi connectivity index (χ1) is 10.2. The Morgan fingerprint density at radius 2 is 2.14 bits per heavy atom. The van der Waals surface area contributed by atoms with Gasteiger partial charge in [-0.1, -0.05) is 37.3 Å². The van der Waals surface area contributed by atoms with Crippen molar-refractivity contribution in [2.45, 2.75) is 38.8 Å². The van der Waals surface area contributed by atoms with Gasteiger partial charge in [0.2, 0.25) is 5.91 Å². The van der Waals surface area contributed by atoms with Gasteiger partial charge in [0.1, 0.15) is 0 Å². The summed E-state index contributed by atoms with van der Waals surface area (Å²) in [6.07, 6.45) is 1.73. The predicted molar refractivity (Wildman–Crippen MR) is 83.9 cm³/mol. The van der Waals surface area contributed by atoms with E-state index in [-0.39, 0.29) is 24.0 Å². The second kappa shape index (κ2) is 7.57. The molecule has 3 unspecified atom stereocenters. The van der Waals surface area contributed by atoms with Crippen LogP contribution in [0.3, 0.4) is 0 Å². The van der Waals surface area contributed by atoms with Gasteiger partial charge in [-0.25, -0.2) is 0 Å². The summed E-state index contributed by atoms with van der Waals surface area (Å²) in [5.41, 5.74) is 7.03. The minimum absolute atomic E-state index is 0.104. The second-order valence-corrected chi connectivity index (χ2v) is 5.82. The summed E-state index contributed by atoms with van der Waals surface area (Å²) in [4.78, 5) is 14.8. The first-order valence-corrected chi connectivity index (χ1v) is 7.81. The van der Waals surface area contributed by atoms with Gasteiger partial charge in [0.25, 0.3) is 0 Å². The van der Waals surface area contributed by atoms with Crippen molar-refractivity contribution in [3.8, 4) is 0 Å². The molecule has 1 aromatic rings. The molecule has 0 aromatic heterocycles.